The van der Waals surface area contributed by atoms with E-state index in [1.165, 1.54) is 12.1 Å². The van der Waals surface area contributed by atoms with Gasteiger partial charge < -0.3 is 10.1 Å². The van der Waals surface area contributed by atoms with Gasteiger partial charge in [0.25, 0.3) is 5.91 Å². The summed E-state index contributed by atoms with van der Waals surface area (Å²) in [7, 11) is -2.41. The molecule has 3 rings (SSSR count). The van der Waals surface area contributed by atoms with E-state index in [1.807, 2.05) is 0 Å². The van der Waals surface area contributed by atoms with E-state index in [4.69, 9.17) is 4.74 Å². The topological polar surface area (TPSA) is 87.7 Å². The lowest BCUT2D eigenvalue weighted by molar-refractivity contribution is 0.0799. The fourth-order valence-electron chi connectivity index (χ4n) is 4.41. The molecule has 34 heavy (non-hydrogen) atoms. The summed E-state index contributed by atoms with van der Waals surface area (Å²) in [5.41, 5.74) is 0.903. The molecule has 3 atom stereocenters. The van der Waals surface area contributed by atoms with E-state index in [2.05, 4.69) is 28.8 Å². The van der Waals surface area contributed by atoms with Crippen LogP contribution in [0.1, 0.15) is 49.0 Å². The van der Waals surface area contributed by atoms with Crippen LogP contribution in [0.15, 0.2) is 47.4 Å². The number of aryl methyl sites for hydroxylation is 1. The van der Waals surface area contributed by atoms with Crippen molar-refractivity contribution in [3.63, 3.8) is 0 Å². The first kappa shape index (κ1) is 26.1. The molecule has 1 aliphatic rings. The van der Waals surface area contributed by atoms with Crippen molar-refractivity contribution in [3.05, 3.63) is 59.4 Å². The second-order valence-corrected chi connectivity index (χ2v) is 10.7. The Hall–Kier alpha value is -2.49. The van der Waals surface area contributed by atoms with Crippen molar-refractivity contribution >= 4 is 15.9 Å². The van der Waals surface area contributed by atoms with Gasteiger partial charge in [-0.1, -0.05) is 12.5 Å². The standard InChI is InChI=1S/C25H34FN3O4S/c1-17-8-11-21(26)14-24(17)34(31,32)27-15-22(16-29-18(2)6-5-7-19(29)3)28-25(30)20-9-12-23(33-4)13-10-20/h8-14,18-19,22,27H,5-7,15-16H2,1-4H3,(H,28,30)/t18-,19+,22-/m0/s1. The lowest BCUT2D eigenvalue weighted by atomic mass is 9.97. The van der Waals surface area contributed by atoms with E-state index in [9.17, 15) is 17.6 Å². The average molecular weight is 492 g/mol. The van der Waals surface area contributed by atoms with Crippen molar-refractivity contribution in [1.29, 1.82) is 0 Å². The zero-order valence-electron chi connectivity index (χ0n) is 20.2. The molecule has 0 unspecified atom stereocenters. The zero-order chi connectivity index (χ0) is 24.9. The maximum Gasteiger partial charge on any atom is 0.251 e. The number of carbonyl (C=O) groups is 1. The van der Waals surface area contributed by atoms with Crippen LogP contribution >= 0.6 is 0 Å². The van der Waals surface area contributed by atoms with E-state index in [0.717, 1.165) is 25.3 Å². The Kier molecular flexibility index (Phi) is 8.67. The molecule has 0 aromatic heterocycles. The van der Waals surface area contributed by atoms with Crippen LogP contribution in [0.3, 0.4) is 0 Å². The highest BCUT2D eigenvalue weighted by atomic mass is 32.2. The zero-order valence-corrected chi connectivity index (χ0v) is 21.0. The lowest BCUT2D eigenvalue weighted by Crippen LogP contribution is -2.54. The van der Waals surface area contributed by atoms with Gasteiger partial charge in [-0.15, -0.1) is 0 Å². The first-order valence-electron chi connectivity index (χ1n) is 11.6. The smallest absolute Gasteiger partial charge is 0.251 e. The summed E-state index contributed by atoms with van der Waals surface area (Å²) in [5.74, 6) is -0.278. The second-order valence-electron chi connectivity index (χ2n) is 8.99. The Morgan fingerprint density at radius 1 is 1.15 bits per heavy atom. The van der Waals surface area contributed by atoms with Crippen LogP contribution < -0.4 is 14.8 Å². The van der Waals surface area contributed by atoms with Crippen molar-refractivity contribution in [1.82, 2.24) is 14.9 Å². The van der Waals surface area contributed by atoms with Crippen molar-refractivity contribution in [2.24, 2.45) is 0 Å². The third-order valence-electron chi connectivity index (χ3n) is 6.45. The minimum atomic E-state index is -3.96. The molecule has 2 aromatic carbocycles. The fourth-order valence-corrected chi connectivity index (χ4v) is 5.75. The summed E-state index contributed by atoms with van der Waals surface area (Å²) in [6, 6.07) is 10.6. The van der Waals surface area contributed by atoms with Crippen LogP contribution in [0.25, 0.3) is 0 Å². The Morgan fingerprint density at radius 3 is 2.41 bits per heavy atom. The van der Waals surface area contributed by atoms with Gasteiger partial charge in [0.05, 0.1) is 18.0 Å². The molecule has 1 amide bonds. The van der Waals surface area contributed by atoms with Gasteiger partial charge in [-0.3, -0.25) is 9.69 Å². The molecule has 1 heterocycles. The van der Waals surface area contributed by atoms with E-state index < -0.39 is 21.9 Å². The molecule has 0 spiro atoms. The highest BCUT2D eigenvalue weighted by Gasteiger charge is 2.29. The number of benzene rings is 2. The molecular formula is C25H34FN3O4S. The van der Waals surface area contributed by atoms with E-state index in [1.54, 1.807) is 38.3 Å². The predicted octanol–water partition coefficient (Wildman–Crippen LogP) is 3.48. The molecule has 1 saturated heterocycles. The molecule has 2 aromatic rings. The van der Waals surface area contributed by atoms with Crippen LogP contribution in [0.4, 0.5) is 4.39 Å². The molecule has 9 heteroatoms. The average Bonchev–Trinajstić information content (AvgIpc) is 2.81. The van der Waals surface area contributed by atoms with E-state index in [-0.39, 0.29) is 17.3 Å². The number of nitrogens with one attached hydrogen (secondary N) is 2. The van der Waals surface area contributed by atoms with Gasteiger partial charge in [-0.05, 0) is 75.6 Å². The highest BCUT2D eigenvalue weighted by Crippen LogP contribution is 2.23. The number of amides is 1. The molecule has 1 fully saturated rings. The lowest BCUT2D eigenvalue weighted by Gasteiger charge is -2.41. The second kappa shape index (κ2) is 11.3. The molecule has 0 saturated carbocycles. The number of likely N-dealkylation sites (tertiary alicyclic amines) is 1. The van der Waals surface area contributed by atoms with Gasteiger partial charge in [-0.2, -0.15) is 0 Å². The van der Waals surface area contributed by atoms with Gasteiger partial charge in [0.2, 0.25) is 10.0 Å². The Labute approximate surface area is 201 Å². The summed E-state index contributed by atoms with van der Waals surface area (Å²) >= 11 is 0. The van der Waals surface area contributed by atoms with Crippen LogP contribution in [-0.2, 0) is 10.0 Å². The van der Waals surface area contributed by atoms with E-state index >= 15 is 0 Å². The van der Waals surface area contributed by atoms with Crippen molar-refractivity contribution in [2.75, 3.05) is 20.2 Å². The number of rotatable bonds is 9. The van der Waals surface area contributed by atoms with Gasteiger partial charge in [0, 0.05) is 30.7 Å². The van der Waals surface area contributed by atoms with Crippen molar-refractivity contribution in [2.45, 2.75) is 63.1 Å². The Morgan fingerprint density at radius 2 is 1.79 bits per heavy atom. The largest absolute Gasteiger partial charge is 0.497 e. The number of sulfonamides is 1. The van der Waals surface area contributed by atoms with Gasteiger partial charge in [0.15, 0.2) is 0 Å². The first-order chi connectivity index (χ1) is 16.1. The summed E-state index contributed by atoms with van der Waals surface area (Å²) in [5, 5.41) is 2.99. The summed E-state index contributed by atoms with van der Waals surface area (Å²) < 4.78 is 47.3. The number of hydrogen-bond acceptors (Lipinski definition) is 5. The van der Waals surface area contributed by atoms with E-state index in [0.29, 0.717) is 35.5 Å². The van der Waals surface area contributed by atoms with Crippen molar-refractivity contribution < 1.29 is 22.3 Å². The monoisotopic (exact) mass is 491 g/mol. The number of halogens is 1. The van der Waals surface area contributed by atoms with Crippen molar-refractivity contribution in [3.8, 4) is 5.75 Å². The summed E-state index contributed by atoms with van der Waals surface area (Å²) in [4.78, 5) is 15.2. The Bertz CT molecular complexity index is 1080. The number of hydrogen-bond donors (Lipinski definition) is 2. The highest BCUT2D eigenvalue weighted by molar-refractivity contribution is 7.89. The quantitative estimate of drug-likeness (QED) is 0.561. The molecule has 1 aliphatic heterocycles. The minimum absolute atomic E-state index is 0.0177. The third-order valence-corrected chi connectivity index (χ3v) is 8.02. The van der Waals surface area contributed by atoms with Crippen LogP contribution in [-0.4, -0.2) is 57.5 Å². The van der Waals surface area contributed by atoms with Crippen LogP contribution in [0.2, 0.25) is 0 Å². The number of ether oxygens (including phenoxy) is 1. The molecule has 186 valence electrons. The fraction of sp³-hybridized carbons (Fsp3) is 0.480. The molecule has 0 radical (unpaired) electrons. The molecule has 0 aliphatic carbocycles. The molecule has 0 bridgehead atoms. The molecular weight excluding hydrogens is 457 g/mol. The van der Waals surface area contributed by atoms with Crippen LogP contribution in [0.5, 0.6) is 5.75 Å². The maximum atomic E-state index is 13.7. The molecule has 2 N–H and O–H groups in total. The SMILES string of the molecule is COc1ccc(C(=O)N[C@@H](CNS(=O)(=O)c2cc(F)ccc2C)CN2[C@H](C)CCC[C@@H]2C)cc1. The van der Waals surface area contributed by atoms with Gasteiger partial charge in [0.1, 0.15) is 11.6 Å². The number of carbonyl (C=O) groups excluding carboxylic acids is 1. The number of nitrogens with zero attached hydrogens (tertiary/aromatic N) is 1. The van der Waals surface area contributed by atoms with Gasteiger partial charge >= 0.3 is 0 Å². The first-order valence-corrected chi connectivity index (χ1v) is 13.1. The Balaban J connectivity index is 1.78. The molecule has 7 nitrogen and oxygen atoms in total. The number of methoxy groups -OCH3 is 1. The summed E-state index contributed by atoms with van der Waals surface area (Å²) in [6.45, 7) is 6.40. The van der Waals surface area contributed by atoms with Gasteiger partial charge in [-0.25, -0.2) is 17.5 Å². The summed E-state index contributed by atoms with van der Waals surface area (Å²) in [6.07, 6.45) is 3.25. The maximum absolute atomic E-state index is 13.7. The third kappa shape index (κ3) is 6.55. The van der Waals surface area contributed by atoms with Crippen LogP contribution in [0, 0.1) is 12.7 Å². The normalized spacial score (nSPS) is 20.0. The predicted molar refractivity (Wildman–Crippen MR) is 130 cm³/mol. The number of piperidine rings is 1. The minimum Gasteiger partial charge on any atom is -0.497 e.